The van der Waals surface area contributed by atoms with Gasteiger partial charge in [0.2, 0.25) is 11.0 Å². The predicted molar refractivity (Wildman–Crippen MR) is 89.9 cm³/mol. The molecule has 0 radical (unpaired) electrons. The molecule has 0 fully saturated rings. The maximum absolute atomic E-state index is 12.5. The van der Waals surface area contributed by atoms with Crippen LogP contribution in [0.25, 0.3) is 0 Å². The average Bonchev–Trinajstić information content (AvgIpc) is 2.56. The standard InChI is InChI=1S/C18H16F3O4P/c1-12-2-4-13(5-3-12)10-16(22)26(24,25)17(23)11-14-6-8-15(9-7-14)18(19,20)21/h2-9H,10-11H2,1H3,(H,24,25). The fourth-order valence-electron chi connectivity index (χ4n) is 2.22. The van der Waals surface area contributed by atoms with Crippen molar-refractivity contribution in [1.82, 2.24) is 0 Å². The van der Waals surface area contributed by atoms with Crippen LogP contribution in [-0.4, -0.2) is 15.9 Å². The Labute approximate surface area is 148 Å². The SMILES string of the molecule is Cc1ccc(CC(=O)P(=O)(O)C(=O)Cc2ccc(C(F)(F)F)cc2)cc1. The van der Waals surface area contributed by atoms with Crippen molar-refractivity contribution in [3.05, 3.63) is 70.8 Å². The van der Waals surface area contributed by atoms with Gasteiger partial charge in [0.05, 0.1) is 5.56 Å². The molecule has 8 heteroatoms. The minimum absolute atomic E-state index is 0.125. The van der Waals surface area contributed by atoms with E-state index in [1.165, 1.54) is 0 Å². The van der Waals surface area contributed by atoms with Gasteiger partial charge in [0.15, 0.2) is 0 Å². The molecular weight excluding hydrogens is 368 g/mol. The molecule has 26 heavy (non-hydrogen) atoms. The third-order valence-corrected chi connectivity index (χ3v) is 5.46. The number of aryl methyl sites for hydroxylation is 1. The molecule has 0 heterocycles. The lowest BCUT2D eigenvalue weighted by atomic mass is 10.1. The summed E-state index contributed by atoms with van der Waals surface area (Å²) >= 11 is 0. The number of alkyl halides is 3. The van der Waals surface area contributed by atoms with Crippen molar-refractivity contribution >= 4 is 18.4 Å². The van der Waals surface area contributed by atoms with Gasteiger partial charge in [-0.25, -0.2) is 0 Å². The van der Waals surface area contributed by atoms with E-state index in [1.54, 1.807) is 24.3 Å². The number of halogens is 3. The highest BCUT2D eigenvalue weighted by Gasteiger charge is 2.37. The summed E-state index contributed by atoms with van der Waals surface area (Å²) in [4.78, 5) is 34.0. The van der Waals surface area contributed by atoms with E-state index in [1.807, 2.05) is 6.92 Å². The first-order valence-corrected chi connectivity index (χ1v) is 9.27. The van der Waals surface area contributed by atoms with Crippen molar-refractivity contribution in [2.24, 2.45) is 0 Å². The van der Waals surface area contributed by atoms with E-state index in [2.05, 4.69) is 0 Å². The van der Waals surface area contributed by atoms with Gasteiger partial charge in [0, 0.05) is 12.8 Å². The van der Waals surface area contributed by atoms with E-state index in [-0.39, 0.29) is 12.0 Å². The third kappa shape index (κ3) is 4.90. The zero-order valence-corrected chi connectivity index (χ0v) is 14.7. The summed E-state index contributed by atoms with van der Waals surface area (Å²) in [6.07, 6.45) is -5.48. The van der Waals surface area contributed by atoms with Crippen LogP contribution in [-0.2, 0) is 33.2 Å². The van der Waals surface area contributed by atoms with E-state index in [0.717, 1.165) is 29.8 Å². The van der Waals surface area contributed by atoms with Crippen molar-refractivity contribution in [2.45, 2.75) is 25.9 Å². The van der Waals surface area contributed by atoms with E-state index in [0.29, 0.717) is 5.56 Å². The van der Waals surface area contributed by atoms with Crippen LogP contribution in [0.2, 0.25) is 0 Å². The van der Waals surface area contributed by atoms with Gasteiger partial charge in [-0.2, -0.15) is 13.2 Å². The zero-order chi connectivity index (χ0) is 19.5. The van der Waals surface area contributed by atoms with Gasteiger partial charge in [0.25, 0.3) is 0 Å². The summed E-state index contributed by atoms with van der Waals surface area (Å²) in [7, 11) is -4.76. The third-order valence-electron chi connectivity index (χ3n) is 3.79. The molecule has 0 aliphatic carbocycles. The fourth-order valence-corrected chi connectivity index (χ4v) is 3.29. The van der Waals surface area contributed by atoms with E-state index in [4.69, 9.17) is 0 Å². The molecule has 2 aromatic rings. The van der Waals surface area contributed by atoms with Crippen LogP contribution in [0.3, 0.4) is 0 Å². The molecular formula is C18H16F3O4P. The average molecular weight is 384 g/mol. The summed E-state index contributed by atoms with van der Waals surface area (Å²) in [5.41, 5.74) is -1.62. The Morgan fingerprint density at radius 1 is 0.885 bits per heavy atom. The molecule has 0 saturated carbocycles. The summed E-state index contributed by atoms with van der Waals surface area (Å²) in [5, 5.41) is 0. The molecule has 0 aromatic heterocycles. The first-order chi connectivity index (χ1) is 12.0. The van der Waals surface area contributed by atoms with Crippen LogP contribution in [0.4, 0.5) is 13.2 Å². The van der Waals surface area contributed by atoms with Gasteiger partial charge >= 0.3 is 13.5 Å². The molecule has 1 atom stereocenters. The minimum atomic E-state index is -4.76. The summed E-state index contributed by atoms with van der Waals surface area (Å²) in [6, 6.07) is 10.3. The quantitative estimate of drug-likeness (QED) is 0.761. The lowest BCUT2D eigenvalue weighted by Gasteiger charge is -2.11. The van der Waals surface area contributed by atoms with Crippen LogP contribution in [0.1, 0.15) is 22.3 Å². The maximum atomic E-state index is 12.5. The van der Waals surface area contributed by atoms with Crippen LogP contribution in [0.5, 0.6) is 0 Å². The second-order valence-corrected chi connectivity index (χ2v) is 8.05. The smallest absolute Gasteiger partial charge is 0.334 e. The van der Waals surface area contributed by atoms with Gasteiger partial charge in [-0.3, -0.25) is 14.2 Å². The van der Waals surface area contributed by atoms with Crippen molar-refractivity contribution < 1.29 is 32.2 Å². The summed E-state index contributed by atoms with van der Waals surface area (Å²) < 4.78 is 49.7. The van der Waals surface area contributed by atoms with Crippen molar-refractivity contribution in [2.75, 3.05) is 0 Å². The number of carbonyl (C=O) groups is 2. The number of hydrogen-bond acceptors (Lipinski definition) is 3. The summed E-state index contributed by atoms with van der Waals surface area (Å²) in [5.74, 6) is 0. The maximum Gasteiger partial charge on any atom is 0.416 e. The second-order valence-electron chi connectivity index (χ2n) is 5.90. The van der Waals surface area contributed by atoms with Crippen molar-refractivity contribution in [1.29, 1.82) is 0 Å². The Hall–Kier alpha value is -2.24. The molecule has 0 saturated heterocycles. The van der Waals surface area contributed by atoms with Crippen molar-refractivity contribution in [3.8, 4) is 0 Å². The zero-order valence-electron chi connectivity index (χ0n) is 13.8. The number of carbonyl (C=O) groups excluding carboxylic acids is 2. The Kier molecular flexibility index (Phi) is 5.84. The number of benzene rings is 2. The molecule has 2 rings (SSSR count). The Balaban J connectivity index is 2.08. The topological polar surface area (TPSA) is 71.4 Å². The molecule has 1 unspecified atom stereocenters. The highest BCUT2D eigenvalue weighted by Crippen LogP contribution is 2.44. The minimum Gasteiger partial charge on any atom is -0.334 e. The lowest BCUT2D eigenvalue weighted by Crippen LogP contribution is -2.14. The van der Waals surface area contributed by atoms with Gasteiger partial charge in [-0.1, -0.05) is 42.0 Å². The van der Waals surface area contributed by atoms with E-state index < -0.39 is 36.6 Å². The molecule has 2 aromatic carbocycles. The molecule has 0 spiro atoms. The lowest BCUT2D eigenvalue weighted by molar-refractivity contribution is -0.137. The number of hydrogen-bond donors (Lipinski definition) is 1. The molecule has 1 N–H and O–H groups in total. The largest absolute Gasteiger partial charge is 0.416 e. The molecule has 4 nitrogen and oxygen atoms in total. The first kappa shape index (κ1) is 20.1. The second kappa shape index (κ2) is 7.56. The Morgan fingerprint density at radius 2 is 1.27 bits per heavy atom. The highest BCUT2D eigenvalue weighted by molar-refractivity contribution is 7.89. The Bertz CT molecular complexity index is 856. The van der Waals surface area contributed by atoms with E-state index in [9.17, 15) is 32.2 Å². The van der Waals surface area contributed by atoms with Crippen LogP contribution < -0.4 is 0 Å². The van der Waals surface area contributed by atoms with Gasteiger partial charge < -0.3 is 4.89 Å². The first-order valence-electron chi connectivity index (χ1n) is 7.61. The summed E-state index contributed by atoms with van der Waals surface area (Å²) in [6.45, 7) is 1.84. The molecule has 0 aliphatic rings. The van der Waals surface area contributed by atoms with Crippen LogP contribution >= 0.6 is 7.37 Å². The molecule has 138 valence electrons. The fraction of sp³-hybridized carbons (Fsp3) is 0.222. The van der Waals surface area contributed by atoms with Gasteiger partial charge in [0.1, 0.15) is 0 Å². The van der Waals surface area contributed by atoms with Gasteiger partial charge in [-0.05, 0) is 30.2 Å². The van der Waals surface area contributed by atoms with Crippen LogP contribution in [0, 0.1) is 6.92 Å². The molecule has 0 amide bonds. The normalized spacial score (nSPS) is 13.9. The Morgan fingerprint density at radius 3 is 1.65 bits per heavy atom. The van der Waals surface area contributed by atoms with E-state index >= 15 is 0 Å². The number of rotatable bonds is 6. The predicted octanol–water partition coefficient (Wildman–Crippen LogP) is 4.12. The monoisotopic (exact) mass is 384 g/mol. The van der Waals surface area contributed by atoms with Crippen LogP contribution in [0.15, 0.2) is 48.5 Å². The van der Waals surface area contributed by atoms with Gasteiger partial charge in [-0.15, -0.1) is 0 Å². The highest BCUT2D eigenvalue weighted by atomic mass is 31.2. The molecule has 0 aliphatic heterocycles. The van der Waals surface area contributed by atoms with Crippen molar-refractivity contribution in [3.63, 3.8) is 0 Å². The molecule has 0 bridgehead atoms.